The van der Waals surface area contributed by atoms with Gasteiger partial charge in [-0.1, -0.05) is 78.9 Å². The number of fused-ring (bicyclic) bond motifs is 2. The van der Waals surface area contributed by atoms with Gasteiger partial charge in [0.1, 0.15) is 11.6 Å². The Kier molecular flexibility index (Phi) is 7.01. The summed E-state index contributed by atoms with van der Waals surface area (Å²) in [6.07, 6.45) is 2.16. The molecular formula is C34H32F2N2O. The van der Waals surface area contributed by atoms with Crippen LogP contribution in [0.2, 0.25) is 0 Å². The first-order valence-corrected chi connectivity index (χ1v) is 13.7. The van der Waals surface area contributed by atoms with Gasteiger partial charge in [0, 0.05) is 30.3 Å². The molecule has 3 nitrogen and oxygen atoms in total. The van der Waals surface area contributed by atoms with E-state index in [4.69, 9.17) is 0 Å². The first-order chi connectivity index (χ1) is 19.0. The molecule has 1 unspecified atom stereocenters. The summed E-state index contributed by atoms with van der Waals surface area (Å²) in [6.45, 7) is 3.01. The Morgan fingerprint density at radius 2 is 1.46 bits per heavy atom. The summed E-state index contributed by atoms with van der Waals surface area (Å²) in [4.78, 5) is 18.1. The highest BCUT2D eigenvalue weighted by atomic mass is 19.1. The van der Waals surface area contributed by atoms with Crippen LogP contribution in [0.15, 0.2) is 91.0 Å². The quantitative estimate of drug-likeness (QED) is 0.292. The van der Waals surface area contributed by atoms with Gasteiger partial charge in [0.2, 0.25) is 5.91 Å². The normalized spacial score (nSPS) is 17.1. The second-order valence-corrected chi connectivity index (χ2v) is 10.7. The van der Waals surface area contributed by atoms with Crippen LogP contribution in [0.25, 0.3) is 0 Å². The average molecular weight is 523 g/mol. The fourth-order valence-electron chi connectivity index (χ4n) is 6.35. The van der Waals surface area contributed by atoms with Gasteiger partial charge in [-0.2, -0.15) is 0 Å². The van der Waals surface area contributed by atoms with Crippen molar-refractivity contribution in [3.05, 3.63) is 142 Å². The molecule has 4 aromatic carbocycles. The van der Waals surface area contributed by atoms with Crippen molar-refractivity contribution in [2.75, 3.05) is 13.1 Å². The molecule has 0 aromatic heterocycles. The molecule has 1 amide bonds. The molecule has 0 N–H and O–H groups in total. The number of rotatable bonds is 6. The number of carbonyl (C=O) groups is 1. The van der Waals surface area contributed by atoms with E-state index < -0.39 is 0 Å². The number of halogens is 2. The number of aryl methyl sites for hydroxylation is 1. The molecule has 6 rings (SSSR count). The highest BCUT2D eigenvalue weighted by molar-refractivity contribution is 5.79. The van der Waals surface area contributed by atoms with Crippen LogP contribution < -0.4 is 0 Å². The summed E-state index contributed by atoms with van der Waals surface area (Å²) >= 11 is 0. The van der Waals surface area contributed by atoms with E-state index in [0.717, 1.165) is 29.5 Å². The van der Waals surface area contributed by atoms with Gasteiger partial charge in [0.25, 0.3) is 0 Å². The van der Waals surface area contributed by atoms with Crippen molar-refractivity contribution in [1.29, 1.82) is 0 Å². The lowest BCUT2D eigenvalue weighted by Crippen LogP contribution is -2.48. The average Bonchev–Trinajstić information content (AvgIpc) is 3.37. The van der Waals surface area contributed by atoms with E-state index in [-0.39, 0.29) is 42.7 Å². The van der Waals surface area contributed by atoms with Crippen molar-refractivity contribution in [3.8, 4) is 0 Å². The summed E-state index contributed by atoms with van der Waals surface area (Å²) < 4.78 is 30.1. The maximum Gasteiger partial charge on any atom is 0.237 e. The van der Waals surface area contributed by atoms with Gasteiger partial charge >= 0.3 is 0 Å². The molecule has 39 heavy (non-hydrogen) atoms. The van der Waals surface area contributed by atoms with Crippen LogP contribution in [0, 0.1) is 18.6 Å². The molecule has 0 saturated carbocycles. The third-order valence-corrected chi connectivity index (χ3v) is 8.36. The Labute approximate surface area is 228 Å². The Morgan fingerprint density at radius 1 is 0.821 bits per heavy atom. The van der Waals surface area contributed by atoms with Crippen LogP contribution in [0.5, 0.6) is 0 Å². The Balaban J connectivity index is 1.34. The largest absolute Gasteiger partial charge is 0.333 e. The van der Waals surface area contributed by atoms with E-state index in [0.29, 0.717) is 24.1 Å². The van der Waals surface area contributed by atoms with Crippen molar-refractivity contribution in [2.24, 2.45) is 0 Å². The highest BCUT2D eigenvalue weighted by Gasteiger charge is 2.36. The van der Waals surface area contributed by atoms with Gasteiger partial charge in [0.05, 0.1) is 12.6 Å². The summed E-state index contributed by atoms with van der Waals surface area (Å²) in [5.74, 6) is -0.612. The number of hydrogen-bond acceptors (Lipinski definition) is 2. The minimum Gasteiger partial charge on any atom is -0.333 e. The van der Waals surface area contributed by atoms with Gasteiger partial charge in [-0.25, -0.2) is 8.78 Å². The molecule has 1 aliphatic carbocycles. The van der Waals surface area contributed by atoms with Gasteiger partial charge in [-0.3, -0.25) is 9.69 Å². The van der Waals surface area contributed by atoms with E-state index in [2.05, 4.69) is 17.0 Å². The topological polar surface area (TPSA) is 23.6 Å². The molecule has 1 heterocycles. The molecule has 0 radical (unpaired) electrons. The number of carbonyl (C=O) groups excluding carboxylic acids is 1. The van der Waals surface area contributed by atoms with Crippen molar-refractivity contribution >= 4 is 5.91 Å². The molecule has 0 bridgehead atoms. The van der Waals surface area contributed by atoms with Crippen molar-refractivity contribution in [2.45, 2.75) is 44.8 Å². The molecule has 2 aliphatic rings. The summed E-state index contributed by atoms with van der Waals surface area (Å²) in [7, 11) is 0. The molecule has 198 valence electrons. The smallest absolute Gasteiger partial charge is 0.237 e. The maximum absolute atomic E-state index is 15.4. The third kappa shape index (κ3) is 4.99. The molecule has 0 spiro atoms. The van der Waals surface area contributed by atoms with Gasteiger partial charge in [0.15, 0.2) is 0 Å². The minimum absolute atomic E-state index is 0.0553. The lowest BCUT2D eigenvalue weighted by atomic mass is 9.86. The first-order valence-electron chi connectivity index (χ1n) is 13.7. The molecule has 0 saturated heterocycles. The number of benzene rings is 4. The van der Waals surface area contributed by atoms with Gasteiger partial charge in [-0.15, -0.1) is 0 Å². The van der Waals surface area contributed by atoms with Gasteiger partial charge in [-0.05, 0) is 66.1 Å². The van der Waals surface area contributed by atoms with Crippen molar-refractivity contribution < 1.29 is 13.6 Å². The number of amides is 1. The molecule has 1 atom stereocenters. The molecule has 1 aliphatic heterocycles. The molecule has 4 aromatic rings. The van der Waals surface area contributed by atoms with Crippen LogP contribution in [0.3, 0.4) is 0 Å². The van der Waals surface area contributed by atoms with Crippen molar-refractivity contribution in [3.63, 3.8) is 0 Å². The minimum atomic E-state index is -0.365. The maximum atomic E-state index is 15.4. The number of hydrogen-bond donors (Lipinski definition) is 0. The zero-order valence-electron chi connectivity index (χ0n) is 22.1. The third-order valence-electron chi connectivity index (χ3n) is 8.36. The van der Waals surface area contributed by atoms with E-state index in [9.17, 15) is 9.18 Å². The predicted molar refractivity (Wildman–Crippen MR) is 149 cm³/mol. The zero-order chi connectivity index (χ0) is 26.9. The second-order valence-electron chi connectivity index (χ2n) is 10.7. The lowest BCUT2D eigenvalue weighted by molar-refractivity contribution is -0.136. The Bertz CT molecular complexity index is 1490. The molecule has 5 heteroatoms. The highest BCUT2D eigenvalue weighted by Crippen LogP contribution is 2.38. The van der Waals surface area contributed by atoms with Crippen LogP contribution in [0.1, 0.15) is 45.0 Å². The zero-order valence-corrected chi connectivity index (χ0v) is 22.1. The summed E-state index contributed by atoms with van der Waals surface area (Å²) in [6, 6.07) is 27.8. The summed E-state index contributed by atoms with van der Waals surface area (Å²) in [5, 5.41) is 0. The number of nitrogens with zero attached hydrogens (tertiary/aromatic N) is 2. The monoisotopic (exact) mass is 522 g/mol. The summed E-state index contributed by atoms with van der Waals surface area (Å²) in [5.41, 5.74) is 6.69. The molecular weight excluding hydrogens is 490 g/mol. The Morgan fingerprint density at radius 3 is 2.21 bits per heavy atom. The van der Waals surface area contributed by atoms with E-state index >= 15 is 4.39 Å². The lowest BCUT2D eigenvalue weighted by Gasteiger charge is -2.40. The Hall–Kier alpha value is -3.83. The van der Waals surface area contributed by atoms with Crippen molar-refractivity contribution in [1.82, 2.24) is 9.80 Å². The second kappa shape index (κ2) is 10.7. The van der Waals surface area contributed by atoms with Gasteiger partial charge < -0.3 is 4.90 Å². The standard InChI is InChI=1S/C34H32F2N2O/c1-23-9-2-6-14-29(23)34-33-24(13-8-16-31(33)36)17-18-37(34)22-32(39)38(21-27-12-5-7-15-30(27)35)28-19-25-10-3-4-11-26(25)20-28/h2-16,28,34H,17-22H2,1H3. The van der Waals surface area contributed by atoms with E-state index in [1.54, 1.807) is 18.2 Å². The van der Waals surface area contributed by atoms with E-state index in [1.807, 2.05) is 60.4 Å². The first kappa shape index (κ1) is 25.4. The van der Waals surface area contributed by atoms with Crippen LogP contribution in [0.4, 0.5) is 8.78 Å². The fourth-order valence-corrected chi connectivity index (χ4v) is 6.35. The van der Waals surface area contributed by atoms with Crippen LogP contribution >= 0.6 is 0 Å². The van der Waals surface area contributed by atoms with E-state index in [1.165, 1.54) is 23.3 Å². The van der Waals surface area contributed by atoms with Crippen LogP contribution in [-0.4, -0.2) is 34.8 Å². The predicted octanol–water partition coefficient (Wildman–Crippen LogP) is 6.42. The van der Waals surface area contributed by atoms with Crippen LogP contribution in [-0.2, 0) is 30.6 Å². The SMILES string of the molecule is Cc1ccccc1C1c2c(F)cccc2CCN1CC(=O)N(Cc1ccccc1F)C1Cc2ccccc2C1. The molecule has 0 fully saturated rings. The fraction of sp³-hybridized carbons (Fsp3) is 0.265.